The second kappa shape index (κ2) is 8.29. The van der Waals surface area contributed by atoms with Crippen LogP contribution in [0, 0.1) is 6.92 Å². The number of allylic oxidation sites excluding steroid dienone is 1. The van der Waals surface area contributed by atoms with Gasteiger partial charge in [0.05, 0.1) is 42.2 Å². The standard InChI is InChI=1S/C22H25N3O3S/c1-12(2)11-29-15(5)25-14(4)20-19(22(25)26)13(3)8-17(24-20)16-9-18(27-6)21(28-7)23-10-16/h8-11,14H,5H2,1-4,6-7H3. The number of ether oxygens (including phenoxy) is 2. The smallest absolute Gasteiger partial charge is 0.261 e. The third kappa shape index (κ3) is 3.87. The predicted molar refractivity (Wildman–Crippen MR) is 116 cm³/mol. The van der Waals surface area contributed by atoms with Gasteiger partial charge in [-0.15, -0.1) is 0 Å². The lowest BCUT2D eigenvalue weighted by Gasteiger charge is -2.22. The minimum absolute atomic E-state index is 0.0610. The summed E-state index contributed by atoms with van der Waals surface area (Å²) < 4.78 is 10.6. The lowest BCUT2D eigenvalue weighted by molar-refractivity contribution is 0.0809. The van der Waals surface area contributed by atoms with Crippen LogP contribution in [0.4, 0.5) is 0 Å². The molecule has 152 valence electrons. The molecule has 0 radical (unpaired) electrons. The number of nitrogens with zero attached hydrogens (tertiary/aromatic N) is 3. The molecule has 1 aliphatic rings. The van der Waals surface area contributed by atoms with E-state index >= 15 is 0 Å². The fraction of sp³-hybridized carbons (Fsp3) is 0.318. The van der Waals surface area contributed by atoms with E-state index in [-0.39, 0.29) is 11.9 Å². The predicted octanol–water partition coefficient (Wildman–Crippen LogP) is 5.11. The van der Waals surface area contributed by atoms with Crippen LogP contribution in [0.1, 0.15) is 48.4 Å². The number of amides is 1. The highest BCUT2D eigenvalue weighted by molar-refractivity contribution is 8.05. The highest BCUT2D eigenvalue weighted by Gasteiger charge is 2.38. The number of thioether (sulfide) groups is 1. The van der Waals surface area contributed by atoms with E-state index in [1.807, 2.05) is 45.2 Å². The van der Waals surface area contributed by atoms with E-state index < -0.39 is 0 Å². The van der Waals surface area contributed by atoms with Crippen molar-refractivity contribution in [3.05, 3.63) is 57.7 Å². The minimum Gasteiger partial charge on any atom is -0.491 e. The zero-order chi connectivity index (χ0) is 21.3. The van der Waals surface area contributed by atoms with E-state index in [1.165, 1.54) is 11.8 Å². The van der Waals surface area contributed by atoms with E-state index in [0.717, 1.165) is 28.1 Å². The normalized spacial score (nSPS) is 15.2. The third-order valence-electron chi connectivity index (χ3n) is 4.69. The van der Waals surface area contributed by atoms with Crippen LogP contribution < -0.4 is 9.47 Å². The SMILES string of the molecule is C=C(SC=C(C)C)N1C(=O)c2c(C)cc(-c3cnc(OC)c(OC)c3)nc2C1C. The van der Waals surface area contributed by atoms with Gasteiger partial charge >= 0.3 is 0 Å². The molecule has 0 aromatic carbocycles. The lowest BCUT2D eigenvalue weighted by atomic mass is 10.0. The molecule has 0 spiro atoms. The number of carbonyl (C=O) groups is 1. The van der Waals surface area contributed by atoms with E-state index in [9.17, 15) is 4.79 Å². The number of rotatable bonds is 6. The van der Waals surface area contributed by atoms with E-state index in [1.54, 1.807) is 25.3 Å². The minimum atomic E-state index is -0.199. The Morgan fingerprint density at radius 3 is 2.62 bits per heavy atom. The van der Waals surface area contributed by atoms with Crippen molar-refractivity contribution in [1.82, 2.24) is 14.9 Å². The first kappa shape index (κ1) is 20.9. The van der Waals surface area contributed by atoms with Gasteiger partial charge in [0, 0.05) is 11.8 Å². The summed E-state index contributed by atoms with van der Waals surface area (Å²) in [6, 6.07) is 3.54. The lowest BCUT2D eigenvalue weighted by Crippen LogP contribution is -2.24. The molecule has 2 aromatic rings. The summed E-state index contributed by atoms with van der Waals surface area (Å²) in [5, 5.41) is 2.68. The van der Waals surface area contributed by atoms with Crippen LogP contribution in [-0.4, -0.2) is 35.0 Å². The molecule has 0 bridgehead atoms. The summed E-state index contributed by atoms with van der Waals surface area (Å²) in [7, 11) is 3.11. The zero-order valence-corrected chi connectivity index (χ0v) is 18.4. The maximum Gasteiger partial charge on any atom is 0.261 e. The monoisotopic (exact) mass is 411 g/mol. The van der Waals surface area contributed by atoms with Gasteiger partial charge in [-0.25, -0.2) is 9.97 Å². The van der Waals surface area contributed by atoms with Gasteiger partial charge in [-0.05, 0) is 50.8 Å². The van der Waals surface area contributed by atoms with Gasteiger partial charge in [-0.1, -0.05) is 23.9 Å². The second-order valence-corrected chi connectivity index (χ2v) is 8.02. The van der Waals surface area contributed by atoms with Gasteiger partial charge in [-0.2, -0.15) is 0 Å². The Bertz CT molecular complexity index is 1010. The first-order chi connectivity index (χ1) is 13.8. The highest BCUT2D eigenvalue weighted by atomic mass is 32.2. The number of hydrogen-bond acceptors (Lipinski definition) is 6. The Labute approximate surface area is 175 Å². The summed E-state index contributed by atoms with van der Waals surface area (Å²) in [6.45, 7) is 12.0. The topological polar surface area (TPSA) is 64.6 Å². The van der Waals surface area contributed by atoms with Crippen LogP contribution >= 0.6 is 11.8 Å². The molecule has 2 aromatic heterocycles. The molecule has 0 saturated heterocycles. The van der Waals surface area contributed by atoms with Crippen molar-refractivity contribution < 1.29 is 14.3 Å². The number of aromatic nitrogens is 2. The summed E-state index contributed by atoms with van der Waals surface area (Å²) in [5.41, 5.74) is 4.96. The maximum atomic E-state index is 13.1. The Kier molecular flexibility index (Phi) is 5.98. The van der Waals surface area contributed by atoms with Crippen LogP contribution in [-0.2, 0) is 0 Å². The van der Waals surface area contributed by atoms with Crippen molar-refractivity contribution >= 4 is 17.7 Å². The van der Waals surface area contributed by atoms with E-state index in [2.05, 4.69) is 11.6 Å². The number of methoxy groups -OCH3 is 2. The van der Waals surface area contributed by atoms with Crippen molar-refractivity contribution in [3.8, 4) is 22.9 Å². The van der Waals surface area contributed by atoms with Crippen LogP contribution in [0.15, 0.2) is 40.9 Å². The molecule has 1 atom stereocenters. The van der Waals surface area contributed by atoms with E-state index in [0.29, 0.717) is 22.2 Å². The van der Waals surface area contributed by atoms with Crippen LogP contribution in [0.3, 0.4) is 0 Å². The number of carbonyl (C=O) groups excluding carboxylic acids is 1. The van der Waals surface area contributed by atoms with Gasteiger partial charge in [0.15, 0.2) is 5.75 Å². The molecule has 1 aliphatic heterocycles. The van der Waals surface area contributed by atoms with E-state index in [4.69, 9.17) is 14.5 Å². The molecule has 3 rings (SSSR count). The molecule has 0 aliphatic carbocycles. The average Bonchev–Trinajstić information content (AvgIpc) is 2.96. The molecule has 0 saturated carbocycles. The van der Waals surface area contributed by atoms with Gasteiger partial charge in [-0.3, -0.25) is 9.69 Å². The molecule has 1 unspecified atom stereocenters. The Morgan fingerprint density at radius 1 is 1.28 bits per heavy atom. The summed E-state index contributed by atoms with van der Waals surface area (Å²) in [4.78, 5) is 23.9. The largest absolute Gasteiger partial charge is 0.491 e. The number of aryl methyl sites for hydroxylation is 1. The first-order valence-electron chi connectivity index (χ1n) is 9.20. The molecule has 3 heterocycles. The fourth-order valence-corrected chi connectivity index (χ4v) is 4.01. The number of hydrogen-bond donors (Lipinski definition) is 0. The van der Waals surface area contributed by atoms with Gasteiger partial charge < -0.3 is 9.47 Å². The molecule has 29 heavy (non-hydrogen) atoms. The molecule has 7 heteroatoms. The Hall–Kier alpha value is -2.80. The van der Waals surface area contributed by atoms with Gasteiger partial charge in [0.25, 0.3) is 11.8 Å². The van der Waals surface area contributed by atoms with Crippen LogP contribution in [0.5, 0.6) is 11.6 Å². The Morgan fingerprint density at radius 2 is 2.00 bits per heavy atom. The summed E-state index contributed by atoms with van der Waals surface area (Å²) >= 11 is 1.46. The summed E-state index contributed by atoms with van der Waals surface area (Å²) in [6.07, 6.45) is 1.69. The second-order valence-electron chi connectivity index (χ2n) is 7.08. The molecule has 0 fully saturated rings. The van der Waals surface area contributed by atoms with Gasteiger partial charge in [0.2, 0.25) is 0 Å². The third-order valence-corrected chi connectivity index (χ3v) is 5.74. The van der Waals surface area contributed by atoms with Crippen molar-refractivity contribution in [2.24, 2.45) is 0 Å². The molecular weight excluding hydrogens is 386 g/mol. The van der Waals surface area contributed by atoms with Crippen molar-refractivity contribution in [2.75, 3.05) is 14.2 Å². The molecule has 6 nitrogen and oxygen atoms in total. The Balaban J connectivity index is 2.02. The quantitative estimate of drug-likeness (QED) is 0.658. The number of fused-ring (bicyclic) bond motifs is 1. The van der Waals surface area contributed by atoms with Crippen molar-refractivity contribution in [3.63, 3.8) is 0 Å². The fourth-order valence-electron chi connectivity index (χ4n) is 3.29. The summed E-state index contributed by atoms with van der Waals surface area (Å²) in [5.74, 6) is 0.882. The van der Waals surface area contributed by atoms with Crippen molar-refractivity contribution in [1.29, 1.82) is 0 Å². The first-order valence-corrected chi connectivity index (χ1v) is 10.1. The van der Waals surface area contributed by atoms with Crippen LogP contribution in [0.25, 0.3) is 11.3 Å². The molecule has 0 N–H and O–H groups in total. The highest BCUT2D eigenvalue weighted by Crippen LogP contribution is 2.41. The molecular formula is C22H25N3O3S. The number of pyridine rings is 2. The van der Waals surface area contributed by atoms with Gasteiger partial charge in [0.1, 0.15) is 0 Å². The maximum absolute atomic E-state index is 13.1. The molecule has 1 amide bonds. The average molecular weight is 412 g/mol. The van der Waals surface area contributed by atoms with Crippen LogP contribution in [0.2, 0.25) is 0 Å². The zero-order valence-electron chi connectivity index (χ0n) is 17.6. The van der Waals surface area contributed by atoms with Crippen molar-refractivity contribution in [2.45, 2.75) is 33.7 Å².